The molecule has 2 rings (SSSR count). The predicted octanol–water partition coefficient (Wildman–Crippen LogP) is 1.57. The second kappa shape index (κ2) is 3.40. The number of rotatable bonds is 1. The van der Waals surface area contributed by atoms with E-state index in [9.17, 15) is 4.89 Å². The first kappa shape index (κ1) is 8.60. The maximum absolute atomic E-state index is 9.91. The summed E-state index contributed by atoms with van der Waals surface area (Å²) < 4.78 is 11.4. The molecule has 0 aliphatic carbocycles. The molecule has 0 atom stereocenters. The molecule has 1 aliphatic heterocycles. The van der Waals surface area contributed by atoms with Crippen molar-refractivity contribution in [3.8, 4) is 0 Å². The van der Waals surface area contributed by atoms with E-state index < -0.39 is 7.94 Å². The van der Waals surface area contributed by atoms with Crippen LogP contribution in [0.5, 0.6) is 0 Å². The molecule has 0 saturated carbocycles. The highest BCUT2D eigenvalue weighted by Gasteiger charge is 2.47. The Bertz CT molecular complexity index is 243. The lowest BCUT2D eigenvalue weighted by atomic mass is 10.5. The van der Waals surface area contributed by atoms with Gasteiger partial charge in [0.1, 0.15) is 13.2 Å². The molecule has 0 amide bonds. The molecule has 12 heavy (non-hydrogen) atoms. The third-order valence-corrected chi connectivity index (χ3v) is 5.06. The Morgan fingerprint density at radius 3 is 2.75 bits per heavy atom. The molecule has 66 valence electrons. The van der Waals surface area contributed by atoms with Crippen molar-refractivity contribution in [2.75, 3.05) is 13.2 Å². The van der Waals surface area contributed by atoms with E-state index >= 15 is 0 Å². The number of hydrogen-bond acceptors (Lipinski definition) is 4. The van der Waals surface area contributed by atoms with Crippen LogP contribution in [0.3, 0.4) is 0 Å². The topological polar surface area (TPSA) is 38.7 Å². The summed E-state index contributed by atoms with van der Waals surface area (Å²) in [5.41, 5.74) is 0. The fraction of sp³-hybridized carbons (Fsp3) is 0.429. The van der Waals surface area contributed by atoms with Crippen molar-refractivity contribution >= 4 is 23.9 Å². The van der Waals surface area contributed by atoms with Gasteiger partial charge in [0.05, 0.1) is 0 Å². The van der Waals surface area contributed by atoms with E-state index in [-0.39, 0.29) is 0 Å². The van der Waals surface area contributed by atoms with Gasteiger partial charge in [-0.15, -0.1) is 0 Å². The van der Waals surface area contributed by atoms with Crippen molar-refractivity contribution in [1.29, 1.82) is 0 Å². The highest BCUT2D eigenvalue weighted by Crippen LogP contribution is 2.58. The standard InChI is InChI=1S/C7H10O3PS/c8-11(7-3-1-6-12-7)9-4-2-5-10-11/h1,3,6,8H,2,4-5H2/q+1. The minimum absolute atomic E-state index is 0.599. The third kappa shape index (κ3) is 1.53. The molecule has 0 aromatic carbocycles. The molecule has 5 heteroatoms. The average molecular weight is 205 g/mol. The highest BCUT2D eigenvalue weighted by molar-refractivity contribution is 7.74. The minimum atomic E-state index is -2.65. The van der Waals surface area contributed by atoms with Gasteiger partial charge in [0.15, 0.2) is 0 Å². The van der Waals surface area contributed by atoms with Crippen molar-refractivity contribution < 1.29 is 13.9 Å². The Morgan fingerprint density at radius 1 is 1.42 bits per heavy atom. The minimum Gasteiger partial charge on any atom is -0.188 e. The van der Waals surface area contributed by atoms with E-state index in [0.717, 1.165) is 11.0 Å². The van der Waals surface area contributed by atoms with Gasteiger partial charge in [-0.2, -0.15) is 13.9 Å². The van der Waals surface area contributed by atoms with Gasteiger partial charge >= 0.3 is 7.94 Å². The molecule has 1 aromatic rings. The van der Waals surface area contributed by atoms with Gasteiger partial charge < -0.3 is 0 Å². The van der Waals surface area contributed by atoms with Crippen molar-refractivity contribution in [1.82, 2.24) is 0 Å². The maximum atomic E-state index is 9.91. The van der Waals surface area contributed by atoms with Crippen LogP contribution in [0, 0.1) is 0 Å². The van der Waals surface area contributed by atoms with Gasteiger partial charge in [0.25, 0.3) is 0 Å². The van der Waals surface area contributed by atoms with Crippen LogP contribution in [0.4, 0.5) is 0 Å². The van der Waals surface area contributed by atoms with E-state index in [1.54, 1.807) is 0 Å². The Hall–Kier alpha value is 0.0100. The summed E-state index contributed by atoms with van der Waals surface area (Å²) in [6, 6.07) is 3.74. The van der Waals surface area contributed by atoms with Crippen molar-refractivity contribution in [3.63, 3.8) is 0 Å². The maximum Gasteiger partial charge on any atom is 0.456 e. The van der Waals surface area contributed by atoms with Gasteiger partial charge in [-0.05, 0) is 11.4 Å². The largest absolute Gasteiger partial charge is 0.456 e. The second-order valence-corrected chi connectivity index (χ2v) is 5.78. The monoisotopic (exact) mass is 205 g/mol. The van der Waals surface area contributed by atoms with Crippen LogP contribution in [0.25, 0.3) is 0 Å². The van der Waals surface area contributed by atoms with Crippen LogP contribution < -0.4 is 4.62 Å². The summed E-state index contributed by atoms with van der Waals surface area (Å²) in [7, 11) is -2.65. The van der Waals surface area contributed by atoms with Crippen molar-refractivity contribution in [2.24, 2.45) is 0 Å². The van der Waals surface area contributed by atoms with E-state index in [2.05, 4.69) is 0 Å². The first-order valence-electron chi connectivity index (χ1n) is 3.76. The lowest BCUT2D eigenvalue weighted by molar-refractivity contribution is 0.131. The van der Waals surface area contributed by atoms with Crippen LogP contribution in [0.15, 0.2) is 17.5 Å². The molecular formula is C7H10O3PS+. The van der Waals surface area contributed by atoms with E-state index in [4.69, 9.17) is 9.05 Å². The summed E-state index contributed by atoms with van der Waals surface area (Å²) in [6.07, 6.45) is 0.869. The first-order chi connectivity index (χ1) is 5.81. The van der Waals surface area contributed by atoms with Gasteiger partial charge in [0, 0.05) is 12.5 Å². The number of thiophene rings is 1. The van der Waals surface area contributed by atoms with Gasteiger partial charge in [-0.3, -0.25) is 0 Å². The van der Waals surface area contributed by atoms with Crippen LogP contribution in [-0.2, 0) is 9.05 Å². The third-order valence-electron chi connectivity index (χ3n) is 1.61. The zero-order valence-corrected chi connectivity index (χ0v) is 8.18. The molecule has 3 nitrogen and oxygen atoms in total. The smallest absolute Gasteiger partial charge is 0.188 e. The normalized spacial score (nSPS) is 22.4. The fourth-order valence-corrected chi connectivity index (χ4v) is 3.87. The summed E-state index contributed by atoms with van der Waals surface area (Å²) in [5, 5.41) is 1.91. The average Bonchev–Trinajstić information content (AvgIpc) is 2.58. The van der Waals surface area contributed by atoms with Crippen LogP contribution in [-0.4, -0.2) is 18.1 Å². The van der Waals surface area contributed by atoms with Crippen molar-refractivity contribution in [3.05, 3.63) is 17.5 Å². The number of hydrogen-bond donors (Lipinski definition) is 1. The SMILES string of the molecule is O[P+]1(c2cccs2)OCCCO1. The highest BCUT2D eigenvalue weighted by atomic mass is 32.1. The second-order valence-electron chi connectivity index (χ2n) is 2.49. The van der Waals surface area contributed by atoms with E-state index in [1.807, 2.05) is 17.5 Å². The molecule has 1 saturated heterocycles. The molecule has 2 heterocycles. The Kier molecular flexibility index (Phi) is 2.44. The van der Waals surface area contributed by atoms with Gasteiger partial charge in [-0.1, -0.05) is 11.3 Å². The summed E-state index contributed by atoms with van der Waals surface area (Å²) in [5.74, 6) is 0. The Balaban J connectivity index is 2.19. The van der Waals surface area contributed by atoms with Crippen LogP contribution in [0.1, 0.15) is 6.42 Å². The van der Waals surface area contributed by atoms with Crippen LogP contribution >= 0.6 is 19.3 Å². The molecule has 1 aliphatic rings. The molecule has 0 unspecified atom stereocenters. The first-order valence-corrected chi connectivity index (χ1v) is 6.22. The Labute approximate surface area is 75.5 Å². The quantitative estimate of drug-likeness (QED) is 0.707. The molecule has 1 aromatic heterocycles. The molecular weight excluding hydrogens is 195 g/mol. The fourth-order valence-electron chi connectivity index (χ4n) is 1.03. The molecule has 1 N–H and O–H groups in total. The van der Waals surface area contributed by atoms with E-state index in [1.165, 1.54) is 11.3 Å². The molecule has 1 fully saturated rings. The van der Waals surface area contributed by atoms with Gasteiger partial charge in [-0.25, -0.2) is 0 Å². The van der Waals surface area contributed by atoms with Gasteiger partial charge in [0.2, 0.25) is 4.62 Å². The summed E-state index contributed by atoms with van der Waals surface area (Å²) in [6.45, 7) is 1.20. The lowest BCUT2D eigenvalue weighted by Gasteiger charge is -2.18. The molecule has 0 bridgehead atoms. The lowest BCUT2D eigenvalue weighted by Crippen LogP contribution is -2.19. The predicted molar refractivity (Wildman–Crippen MR) is 49.6 cm³/mol. The molecule has 0 spiro atoms. The zero-order chi connectivity index (χ0) is 8.44. The molecule has 0 radical (unpaired) electrons. The van der Waals surface area contributed by atoms with E-state index in [0.29, 0.717) is 13.2 Å². The zero-order valence-electron chi connectivity index (χ0n) is 6.47. The van der Waals surface area contributed by atoms with Crippen LogP contribution in [0.2, 0.25) is 0 Å². The summed E-state index contributed by atoms with van der Waals surface area (Å²) in [4.78, 5) is 9.91. The Morgan fingerprint density at radius 2 is 2.17 bits per heavy atom. The van der Waals surface area contributed by atoms with Crippen molar-refractivity contribution in [2.45, 2.75) is 6.42 Å². The summed E-state index contributed by atoms with van der Waals surface area (Å²) >= 11 is 1.48.